The number of amidine groups is 1. The number of benzene rings is 1. The highest BCUT2D eigenvalue weighted by atomic mass is 32.2. The molecule has 6 nitrogen and oxygen atoms in total. The molecule has 1 N–H and O–H groups in total. The first-order valence-corrected chi connectivity index (χ1v) is 10.3. The van der Waals surface area contributed by atoms with Gasteiger partial charge in [0.1, 0.15) is 0 Å². The molecular weight excluding hydrogens is 350 g/mol. The van der Waals surface area contributed by atoms with E-state index in [4.69, 9.17) is 0 Å². The Morgan fingerprint density at radius 3 is 2.46 bits per heavy atom. The first kappa shape index (κ1) is 18.4. The Hall–Kier alpha value is -2.41. The second kappa shape index (κ2) is 7.07. The Labute approximate surface area is 154 Å². The predicted molar refractivity (Wildman–Crippen MR) is 102 cm³/mol. The minimum Gasteiger partial charge on any atom is -0.345 e. The highest BCUT2D eigenvalue weighted by molar-refractivity contribution is 7.90. The molecular formula is C19H23N3O3S. The van der Waals surface area contributed by atoms with Gasteiger partial charge >= 0.3 is 0 Å². The molecule has 0 spiro atoms. The number of hydrogen-bond acceptors (Lipinski definition) is 4. The Morgan fingerprint density at radius 1 is 1.15 bits per heavy atom. The summed E-state index contributed by atoms with van der Waals surface area (Å²) in [5, 5.41) is 2.93. The Morgan fingerprint density at radius 2 is 1.81 bits per heavy atom. The van der Waals surface area contributed by atoms with Gasteiger partial charge in [-0.15, -0.1) is 4.40 Å². The number of nitrogens with one attached hydrogen (secondary N) is 1. The van der Waals surface area contributed by atoms with Crippen LogP contribution in [0.5, 0.6) is 0 Å². The van der Waals surface area contributed by atoms with Gasteiger partial charge in [-0.3, -0.25) is 4.79 Å². The van der Waals surface area contributed by atoms with E-state index in [9.17, 15) is 13.2 Å². The Bertz CT molecular complexity index is 896. The van der Waals surface area contributed by atoms with Crippen LogP contribution in [-0.2, 0) is 14.8 Å². The summed E-state index contributed by atoms with van der Waals surface area (Å²) in [5.41, 5.74) is 2.50. The monoisotopic (exact) mass is 373 g/mol. The van der Waals surface area contributed by atoms with E-state index in [1.54, 1.807) is 23.3 Å². The van der Waals surface area contributed by atoms with Crippen LogP contribution in [0.3, 0.4) is 0 Å². The van der Waals surface area contributed by atoms with Crippen LogP contribution in [0.25, 0.3) is 0 Å². The molecule has 26 heavy (non-hydrogen) atoms. The van der Waals surface area contributed by atoms with Gasteiger partial charge in [-0.1, -0.05) is 38.1 Å². The fourth-order valence-electron chi connectivity index (χ4n) is 2.92. The fraction of sp³-hybridized carbons (Fsp3) is 0.368. The second-order valence-corrected chi connectivity index (χ2v) is 8.59. The minimum atomic E-state index is -3.52. The number of amides is 1. The summed E-state index contributed by atoms with van der Waals surface area (Å²) in [7, 11) is -3.52. The molecule has 1 aromatic carbocycles. The van der Waals surface area contributed by atoms with Crippen molar-refractivity contribution in [1.29, 1.82) is 0 Å². The lowest BCUT2D eigenvalue weighted by molar-refractivity contribution is -0.117. The topological polar surface area (TPSA) is 78.8 Å². The minimum absolute atomic E-state index is 0.0473. The number of hydrogen-bond donors (Lipinski definition) is 1. The molecule has 7 heteroatoms. The van der Waals surface area contributed by atoms with Crippen molar-refractivity contribution in [3.05, 3.63) is 59.3 Å². The van der Waals surface area contributed by atoms with Crippen LogP contribution in [-0.4, -0.2) is 37.4 Å². The fourth-order valence-corrected chi connectivity index (χ4v) is 3.91. The maximum absolute atomic E-state index is 12.7. The standard InChI is InChI=1S/C19H23N3O3S/c1-13(2)15-6-8-16(9-7-15)14(3)20-19(23)17-5-4-10-22-11-12-26(24,25)21-18(17)22/h4-10,13-14H,11-12H2,1-3H3,(H,20,23). The van der Waals surface area contributed by atoms with E-state index in [1.165, 1.54) is 5.56 Å². The quantitative estimate of drug-likeness (QED) is 0.879. The van der Waals surface area contributed by atoms with E-state index >= 15 is 0 Å². The number of fused-ring (bicyclic) bond motifs is 1. The summed E-state index contributed by atoms with van der Waals surface area (Å²) in [6.45, 7) is 6.47. The van der Waals surface area contributed by atoms with E-state index in [0.29, 0.717) is 12.5 Å². The van der Waals surface area contributed by atoms with Gasteiger partial charge in [0.05, 0.1) is 17.4 Å². The van der Waals surface area contributed by atoms with Crippen molar-refractivity contribution in [3.63, 3.8) is 0 Å². The van der Waals surface area contributed by atoms with Crippen LogP contribution in [0.15, 0.2) is 52.6 Å². The zero-order valence-corrected chi connectivity index (χ0v) is 16.0. The third-order valence-corrected chi connectivity index (χ3v) is 5.70. The molecule has 3 rings (SSSR count). The number of sulfonamides is 1. The SMILES string of the molecule is CC(C)c1ccc(C(C)NC(=O)C2=CC=CN3CCS(=O)(=O)N=C23)cc1. The average Bonchev–Trinajstić information content (AvgIpc) is 2.60. The Balaban J connectivity index is 1.77. The maximum Gasteiger partial charge on any atom is 0.256 e. The van der Waals surface area contributed by atoms with Gasteiger partial charge < -0.3 is 10.2 Å². The van der Waals surface area contributed by atoms with Crippen molar-refractivity contribution in [3.8, 4) is 0 Å². The van der Waals surface area contributed by atoms with Gasteiger partial charge in [0.2, 0.25) is 0 Å². The average molecular weight is 373 g/mol. The van der Waals surface area contributed by atoms with Crippen molar-refractivity contribution in [2.24, 2.45) is 4.40 Å². The van der Waals surface area contributed by atoms with E-state index in [2.05, 4.69) is 35.7 Å². The van der Waals surface area contributed by atoms with Gasteiger partial charge in [0, 0.05) is 12.7 Å². The zero-order valence-electron chi connectivity index (χ0n) is 15.1. The third-order valence-electron chi connectivity index (χ3n) is 4.55. The second-order valence-electron chi connectivity index (χ2n) is 6.83. The molecule has 0 aromatic heterocycles. The predicted octanol–water partition coefficient (Wildman–Crippen LogP) is 2.48. The normalized spacial score (nSPS) is 19.5. The van der Waals surface area contributed by atoms with Crippen molar-refractivity contribution in [2.75, 3.05) is 12.3 Å². The van der Waals surface area contributed by atoms with Crippen molar-refractivity contribution >= 4 is 21.8 Å². The molecule has 1 unspecified atom stereocenters. The molecule has 0 radical (unpaired) electrons. The summed E-state index contributed by atoms with van der Waals surface area (Å²) in [6.07, 6.45) is 5.06. The van der Waals surface area contributed by atoms with Crippen LogP contribution >= 0.6 is 0 Å². The van der Waals surface area contributed by atoms with Crippen LogP contribution in [0.1, 0.15) is 43.9 Å². The van der Waals surface area contributed by atoms with Crippen molar-refractivity contribution in [2.45, 2.75) is 32.7 Å². The lowest BCUT2D eigenvalue weighted by Gasteiger charge is -2.29. The smallest absolute Gasteiger partial charge is 0.256 e. The zero-order chi connectivity index (χ0) is 18.9. The molecule has 0 bridgehead atoms. The molecule has 1 atom stereocenters. The maximum atomic E-state index is 12.7. The molecule has 1 aromatic rings. The molecule has 0 saturated heterocycles. The number of allylic oxidation sites excluding steroid dienone is 2. The van der Waals surface area contributed by atoms with Gasteiger partial charge in [-0.25, -0.2) is 8.42 Å². The summed E-state index contributed by atoms with van der Waals surface area (Å²) in [6, 6.07) is 7.93. The number of rotatable bonds is 4. The van der Waals surface area contributed by atoms with Crippen LogP contribution in [0.4, 0.5) is 0 Å². The lowest BCUT2D eigenvalue weighted by Crippen LogP contribution is -2.42. The summed E-state index contributed by atoms with van der Waals surface area (Å²) < 4.78 is 27.4. The summed E-state index contributed by atoms with van der Waals surface area (Å²) >= 11 is 0. The number of carbonyl (C=O) groups excluding carboxylic acids is 1. The van der Waals surface area contributed by atoms with E-state index in [0.717, 1.165) is 5.56 Å². The highest BCUT2D eigenvalue weighted by Gasteiger charge is 2.30. The van der Waals surface area contributed by atoms with Crippen molar-refractivity contribution < 1.29 is 13.2 Å². The molecule has 0 saturated carbocycles. The van der Waals surface area contributed by atoms with Crippen LogP contribution < -0.4 is 5.32 Å². The van der Waals surface area contributed by atoms with Crippen LogP contribution in [0, 0.1) is 0 Å². The molecule has 2 aliphatic heterocycles. The third kappa shape index (κ3) is 3.88. The lowest BCUT2D eigenvalue weighted by atomic mass is 9.99. The van der Waals surface area contributed by atoms with Crippen molar-refractivity contribution in [1.82, 2.24) is 10.2 Å². The molecule has 138 valence electrons. The largest absolute Gasteiger partial charge is 0.345 e. The number of carbonyl (C=O) groups is 1. The first-order valence-electron chi connectivity index (χ1n) is 8.66. The van der Waals surface area contributed by atoms with Gasteiger partial charge in [-0.05, 0) is 36.1 Å². The molecule has 0 aliphatic carbocycles. The highest BCUT2D eigenvalue weighted by Crippen LogP contribution is 2.21. The van der Waals surface area contributed by atoms with Gasteiger partial charge in [-0.2, -0.15) is 0 Å². The molecule has 0 fully saturated rings. The van der Waals surface area contributed by atoms with E-state index in [1.807, 2.05) is 19.1 Å². The summed E-state index contributed by atoms with van der Waals surface area (Å²) in [5.74, 6) is 0.258. The van der Waals surface area contributed by atoms with E-state index < -0.39 is 10.0 Å². The number of nitrogens with zero attached hydrogens (tertiary/aromatic N) is 2. The molecule has 1 amide bonds. The molecule has 2 heterocycles. The summed E-state index contributed by atoms with van der Waals surface area (Å²) in [4.78, 5) is 14.4. The Kier molecular flexibility index (Phi) is 5.00. The first-order chi connectivity index (χ1) is 12.3. The van der Waals surface area contributed by atoms with Gasteiger partial charge in [0.25, 0.3) is 15.9 Å². The van der Waals surface area contributed by atoms with Crippen LogP contribution in [0.2, 0.25) is 0 Å². The van der Waals surface area contributed by atoms with Gasteiger partial charge in [0.15, 0.2) is 5.84 Å². The van der Waals surface area contributed by atoms with E-state index in [-0.39, 0.29) is 29.1 Å². The molecule has 2 aliphatic rings.